The van der Waals surface area contributed by atoms with Gasteiger partial charge in [-0.25, -0.2) is 0 Å². The third-order valence-electron chi connectivity index (χ3n) is 2.51. The van der Waals surface area contributed by atoms with Crippen LogP contribution in [0.25, 0.3) is 16.3 Å². The van der Waals surface area contributed by atoms with Crippen molar-refractivity contribution in [3.63, 3.8) is 0 Å². The summed E-state index contributed by atoms with van der Waals surface area (Å²) in [6.07, 6.45) is 0. The van der Waals surface area contributed by atoms with E-state index in [2.05, 4.69) is 4.79 Å². The lowest BCUT2D eigenvalue weighted by Crippen LogP contribution is -2.48. The van der Waals surface area contributed by atoms with E-state index in [4.69, 9.17) is 10.1 Å². The molecule has 8 nitrogen and oxygen atoms in total. The average Bonchev–Trinajstić information content (AvgIpc) is 2.35. The van der Waals surface area contributed by atoms with E-state index in [0.717, 1.165) is 18.2 Å². The summed E-state index contributed by atoms with van der Waals surface area (Å²) in [6, 6.07) is 3.06. The summed E-state index contributed by atoms with van der Waals surface area (Å²) in [5.74, 6) is 0. The summed E-state index contributed by atoms with van der Waals surface area (Å²) in [5, 5.41) is -2.23. The number of hydrogen-bond donors (Lipinski definition) is 1. The van der Waals surface area contributed by atoms with Gasteiger partial charge in [-0.05, 0) is 6.07 Å². The molecule has 0 heterocycles. The zero-order chi connectivity index (χ0) is 14.4. The van der Waals surface area contributed by atoms with Gasteiger partial charge in [-0.2, -0.15) is 13.2 Å². The second-order valence-corrected chi connectivity index (χ2v) is 4.98. The number of hydrogen-bond acceptors (Lipinski definition) is 5. The fourth-order valence-electron chi connectivity index (χ4n) is 1.71. The SMILES string of the molecule is [N-]=[N+]=c1c(=O)c(=O)c2cccc(S(=O)(=O)O)c2c1=O. The molecule has 0 aliphatic carbocycles. The summed E-state index contributed by atoms with van der Waals surface area (Å²) >= 11 is 0. The van der Waals surface area contributed by atoms with E-state index in [0.29, 0.717) is 0 Å². The monoisotopic (exact) mass is 280 g/mol. The summed E-state index contributed by atoms with van der Waals surface area (Å²) < 4.78 is 31.3. The number of benzene rings is 2. The Labute approximate surface area is 104 Å². The normalized spacial score (nSPS) is 11.4. The molecule has 0 aliphatic heterocycles. The van der Waals surface area contributed by atoms with Crippen LogP contribution in [0.4, 0.5) is 0 Å². The van der Waals surface area contributed by atoms with Crippen molar-refractivity contribution in [2.75, 3.05) is 0 Å². The number of rotatable bonds is 1. The van der Waals surface area contributed by atoms with Crippen molar-refractivity contribution in [3.8, 4) is 0 Å². The van der Waals surface area contributed by atoms with Crippen LogP contribution in [0.2, 0.25) is 0 Å². The highest BCUT2D eigenvalue weighted by molar-refractivity contribution is 7.86. The molecule has 2 rings (SSSR count). The van der Waals surface area contributed by atoms with E-state index >= 15 is 0 Å². The molecule has 0 aromatic heterocycles. The van der Waals surface area contributed by atoms with Crippen LogP contribution < -0.4 is 21.6 Å². The van der Waals surface area contributed by atoms with Crippen molar-refractivity contribution in [2.45, 2.75) is 4.90 Å². The van der Waals surface area contributed by atoms with Gasteiger partial charge in [0.2, 0.25) is 5.43 Å². The highest BCUT2D eigenvalue weighted by Crippen LogP contribution is 2.15. The number of nitrogens with zero attached hydrogens (tertiary/aromatic N) is 2. The Hall–Kier alpha value is -2.48. The Morgan fingerprint density at radius 2 is 1.68 bits per heavy atom. The van der Waals surface area contributed by atoms with Crippen LogP contribution in [0, 0.1) is 0 Å². The van der Waals surface area contributed by atoms with E-state index in [1.165, 1.54) is 0 Å². The Morgan fingerprint density at radius 3 is 2.21 bits per heavy atom. The molecule has 2 aromatic carbocycles. The molecule has 0 saturated carbocycles. The fourth-order valence-corrected chi connectivity index (χ4v) is 2.42. The van der Waals surface area contributed by atoms with Crippen LogP contribution in [0.1, 0.15) is 0 Å². The van der Waals surface area contributed by atoms with Crippen LogP contribution >= 0.6 is 0 Å². The topological polar surface area (TPSA) is 142 Å². The van der Waals surface area contributed by atoms with E-state index < -0.39 is 47.4 Å². The maximum Gasteiger partial charge on any atom is 0.413 e. The molecule has 0 fully saturated rings. The minimum absolute atomic E-state index is 0.461. The van der Waals surface area contributed by atoms with Gasteiger partial charge in [0.1, 0.15) is 4.90 Å². The first kappa shape index (κ1) is 13.0. The lowest BCUT2D eigenvalue weighted by atomic mass is 10.1. The van der Waals surface area contributed by atoms with Crippen molar-refractivity contribution in [1.82, 2.24) is 0 Å². The van der Waals surface area contributed by atoms with E-state index in [-0.39, 0.29) is 0 Å². The second-order valence-electron chi connectivity index (χ2n) is 3.59. The van der Waals surface area contributed by atoms with Gasteiger partial charge >= 0.3 is 10.8 Å². The molecular formula is C10H4N2O6S. The molecule has 96 valence electrons. The molecule has 19 heavy (non-hydrogen) atoms. The van der Waals surface area contributed by atoms with E-state index in [1.54, 1.807) is 0 Å². The molecule has 0 atom stereocenters. The Bertz CT molecular complexity index is 1040. The summed E-state index contributed by atoms with van der Waals surface area (Å²) in [4.78, 5) is 36.5. The van der Waals surface area contributed by atoms with Gasteiger partial charge in [-0.3, -0.25) is 18.9 Å². The zero-order valence-electron chi connectivity index (χ0n) is 9.02. The molecule has 0 spiro atoms. The van der Waals surface area contributed by atoms with Crippen molar-refractivity contribution in [3.05, 3.63) is 59.8 Å². The maximum atomic E-state index is 11.8. The first-order chi connectivity index (χ1) is 8.79. The molecule has 2 aromatic rings. The predicted octanol–water partition coefficient (Wildman–Crippen LogP) is -1.83. The predicted molar refractivity (Wildman–Crippen MR) is 61.7 cm³/mol. The van der Waals surface area contributed by atoms with Gasteiger partial charge in [-0.15, -0.1) is 0 Å². The third-order valence-corrected chi connectivity index (χ3v) is 3.41. The summed E-state index contributed by atoms with van der Waals surface area (Å²) in [5.41, 5.74) is 4.78. The fraction of sp³-hybridized carbons (Fsp3) is 0. The van der Waals surface area contributed by atoms with Gasteiger partial charge in [-0.1, -0.05) is 12.1 Å². The quantitative estimate of drug-likeness (QED) is 0.282. The van der Waals surface area contributed by atoms with Gasteiger partial charge in [0.05, 0.1) is 5.39 Å². The molecule has 9 heteroatoms. The van der Waals surface area contributed by atoms with Crippen LogP contribution in [-0.4, -0.2) is 17.8 Å². The Kier molecular flexibility index (Phi) is 2.74. The molecule has 0 unspecified atom stereocenters. The van der Waals surface area contributed by atoms with E-state index in [9.17, 15) is 22.8 Å². The number of fused-ring (bicyclic) bond motifs is 1. The molecule has 0 aliphatic rings. The molecular weight excluding hydrogens is 276 g/mol. The molecule has 0 amide bonds. The molecule has 0 saturated heterocycles. The van der Waals surface area contributed by atoms with Crippen LogP contribution in [0.15, 0.2) is 37.5 Å². The van der Waals surface area contributed by atoms with Crippen LogP contribution in [0.5, 0.6) is 0 Å². The van der Waals surface area contributed by atoms with Crippen LogP contribution in [0.3, 0.4) is 0 Å². The highest BCUT2D eigenvalue weighted by atomic mass is 32.2. The Balaban J connectivity index is 3.43. The van der Waals surface area contributed by atoms with Crippen LogP contribution in [-0.2, 0) is 10.1 Å². The summed E-state index contributed by atoms with van der Waals surface area (Å²) in [7, 11) is -4.77. The van der Waals surface area contributed by atoms with E-state index in [1.807, 2.05) is 0 Å². The highest BCUT2D eigenvalue weighted by Gasteiger charge is 2.23. The largest absolute Gasteiger partial charge is 0.413 e. The van der Waals surface area contributed by atoms with Gasteiger partial charge in [0, 0.05) is 5.39 Å². The average molecular weight is 280 g/mol. The van der Waals surface area contributed by atoms with Crippen molar-refractivity contribution >= 4 is 20.9 Å². The third kappa shape index (κ3) is 1.82. The first-order valence-corrected chi connectivity index (χ1v) is 6.19. The van der Waals surface area contributed by atoms with Gasteiger partial charge in [0.25, 0.3) is 15.5 Å². The summed E-state index contributed by atoms with van der Waals surface area (Å²) in [6.45, 7) is 0. The van der Waals surface area contributed by atoms with Crippen molar-refractivity contribution in [1.29, 1.82) is 0 Å². The first-order valence-electron chi connectivity index (χ1n) is 4.75. The minimum Gasteiger partial charge on any atom is -0.360 e. The van der Waals surface area contributed by atoms with Gasteiger partial charge < -0.3 is 5.53 Å². The Morgan fingerprint density at radius 1 is 1.05 bits per heavy atom. The standard InChI is InChI=1S/C10H4N2O6S/c11-12-7-9(14)6-4(8(13)10(7)15)2-1-3-5(6)19(16,17)18/h1-3H,(H,16,17,18). The van der Waals surface area contributed by atoms with Gasteiger partial charge in [0.15, 0.2) is 0 Å². The minimum atomic E-state index is -4.77. The molecule has 1 N–H and O–H groups in total. The van der Waals surface area contributed by atoms with Crippen molar-refractivity contribution < 1.29 is 17.8 Å². The maximum absolute atomic E-state index is 11.8. The van der Waals surface area contributed by atoms with Crippen molar-refractivity contribution in [2.24, 2.45) is 0 Å². The molecule has 0 bridgehead atoms. The zero-order valence-corrected chi connectivity index (χ0v) is 9.84. The smallest absolute Gasteiger partial charge is 0.360 e. The lowest BCUT2D eigenvalue weighted by Gasteiger charge is -1.99. The lowest BCUT2D eigenvalue weighted by molar-refractivity contribution is -0.0681. The molecule has 0 radical (unpaired) electrons. The second kappa shape index (κ2) is 4.02.